The molecule has 5 nitrogen and oxygen atoms in total. The fraction of sp³-hybridized carbons (Fsp3) is 0.933. The molecule has 0 aromatic carbocycles. The number of nitrogens with zero attached hydrogens (tertiary/aromatic N) is 2. The SMILES string of the molecule is COCCN1CCN(C(=O)[C@H]2CCN[C@@H](C)C2)CC1C. The van der Waals surface area contributed by atoms with Gasteiger partial charge in [-0.3, -0.25) is 9.69 Å². The Bertz CT molecular complexity index is 324. The molecule has 0 spiro atoms. The molecule has 5 heteroatoms. The topological polar surface area (TPSA) is 44.8 Å². The second-order valence-corrected chi connectivity index (χ2v) is 6.24. The quantitative estimate of drug-likeness (QED) is 0.818. The van der Waals surface area contributed by atoms with Crippen LogP contribution in [0.4, 0.5) is 0 Å². The summed E-state index contributed by atoms with van der Waals surface area (Å²) in [5, 5.41) is 3.42. The van der Waals surface area contributed by atoms with Crippen molar-refractivity contribution in [2.24, 2.45) is 5.92 Å². The maximum Gasteiger partial charge on any atom is 0.225 e. The summed E-state index contributed by atoms with van der Waals surface area (Å²) in [5.74, 6) is 0.598. The molecule has 2 aliphatic heterocycles. The first-order chi connectivity index (χ1) is 9.61. The molecule has 1 unspecified atom stereocenters. The minimum Gasteiger partial charge on any atom is -0.383 e. The third-order valence-corrected chi connectivity index (χ3v) is 4.63. The first-order valence-electron chi connectivity index (χ1n) is 7.87. The minimum absolute atomic E-state index is 0.226. The van der Waals surface area contributed by atoms with E-state index in [2.05, 4.69) is 29.0 Å². The van der Waals surface area contributed by atoms with Gasteiger partial charge in [-0.05, 0) is 33.2 Å². The third-order valence-electron chi connectivity index (χ3n) is 4.63. The van der Waals surface area contributed by atoms with Crippen LogP contribution in [-0.4, -0.2) is 74.2 Å². The van der Waals surface area contributed by atoms with E-state index in [0.29, 0.717) is 18.0 Å². The van der Waals surface area contributed by atoms with Crippen LogP contribution in [-0.2, 0) is 9.53 Å². The molecule has 2 aliphatic rings. The molecular weight excluding hydrogens is 254 g/mol. The molecule has 1 amide bonds. The summed E-state index contributed by atoms with van der Waals surface area (Å²) in [6, 6.07) is 0.903. The minimum atomic E-state index is 0.226. The summed E-state index contributed by atoms with van der Waals surface area (Å²) in [5.41, 5.74) is 0. The fourth-order valence-corrected chi connectivity index (χ4v) is 3.35. The van der Waals surface area contributed by atoms with Gasteiger partial charge in [-0.25, -0.2) is 0 Å². The van der Waals surface area contributed by atoms with Gasteiger partial charge in [0.05, 0.1) is 6.61 Å². The predicted molar refractivity (Wildman–Crippen MR) is 79.7 cm³/mol. The van der Waals surface area contributed by atoms with E-state index in [1.165, 1.54) is 0 Å². The molecule has 2 fully saturated rings. The van der Waals surface area contributed by atoms with Crippen LogP contribution in [0.3, 0.4) is 0 Å². The zero-order valence-electron chi connectivity index (χ0n) is 13.1. The normalized spacial score (nSPS) is 32.4. The molecule has 116 valence electrons. The van der Waals surface area contributed by atoms with Gasteiger partial charge >= 0.3 is 0 Å². The number of piperidine rings is 1. The molecule has 2 saturated heterocycles. The number of ether oxygens (including phenoxy) is 1. The molecule has 0 radical (unpaired) electrons. The summed E-state index contributed by atoms with van der Waals surface area (Å²) in [4.78, 5) is 17.1. The molecule has 1 N–H and O–H groups in total. The number of nitrogens with one attached hydrogen (secondary N) is 1. The molecule has 0 aromatic rings. The van der Waals surface area contributed by atoms with Crippen molar-refractivity contribution in [3.05, 3.63) is 0 Å². The highest BCUT2D eigenvalue weighted by atomic mass is 16.5. The van der Waals surface area contributed by atoms with E-state index < -0.39 is 0 Å². The van der Waals surface area contributed by atoms with E-state index in [1.807, 2.05) is 0 Å². The number of carbonyl (C=O) groups is 1. The Labute approximate surface area is 122 Å². The highest BCUT2D eigenvalue weighted by molar-refractivity contribution is 5.79. The van der Waals surface area contributed by atoms with Crippen molar-refractivity contribution >= 4 is 5.91 Å². The van der Waals surface area contributed by atoms with Gasteiger partial charge in [0.2, 0.25) is 5.91 Å². The maximum atomic E-state index is 12.6. The van der Waals surface area contributed by atoms with Crippen LogP contribution >= 0.6 is 0 Å². The Balaban J connectivity index is 1.83. The van der Waals surface area contributed by atoms with Crippen molar-refractivity contribution in [1.29, 1.82) is 0 Å². The largest absolute Gasteiger partial charge is 0.383 e. The van der Waals surface area contributed by atoms with E-state index in [1.54, 1.807) is 7.11 Å². The zero-order chi connectivity index (χ0) is 14.5. The van der Waals surface area contributed by atoms with Crippen LogP contribution in [0, 0.1) is 5.92 Å². The predicted octanol–water partition coefficient (Wildman–Crippen LogP) is 0.554. The van der Waals surface area contributed by atoms with Crippen molar-refractivity contribution in [3.63, 3.8) is 0 Å². The second kappa shape index (κ2) is 7.38. The van der Waals surface area contributed by atoms with Gasteiger partial charge < -0.3 is 15.0 Å². The van der Waals surface area contributed by atoms with Crippen molar-refractivity contribution < 1.29 is 9.53 Å². The molecule has 0 saturated carbocycles. The Morgan fingerprint density at radius 1 is 1.35 bits per heavy atom. The highest BCUT2D eigenvalue weighted by Gasteiger charge is 2.32. The van der Waals surface area contributed by atoms with Gasteiger partial charge in [0, 0.05) is 51.3 Å². The second-order valence-electron chi connectivity index (χ2n) is 6.24. The zero-order valence-corrected chi connectivity index (χ0v) is 13.1. The lowest BCUT2D eigenvalue weighted by molar-refractivity contribution is -0.139. The van der Waals surface area contributed by atoms with E-state index in [0.717, 1.165) is 52.2 Å². The Morgan fingerprint density at radius 3 is 2.80 bits per heavy atom. The Morgan fingerprint density at radius 2 is 2.15 bits per heavy atom. The lowest BCUT2D eigenvalue weighted by atomic mass is 9.91. The first-order valence-corrected chi connectivity index (χ1v) is 7.87. The highest BCUT2D eigenvalue weighted by Crippen LogP contribution is 2.20. The first kappa shape index (κ1) is 15.7. The average Bonchev–Trinajstić information content (AvgIpc) is 2.45. The van der Waals surface area contributed by atoms with Crippen molar-refractivity contribution in [2.75, 3.05) is 46.4 Å². The van der Waals surface area contributed by atoms with Gasteiger partial charge in [0.1, 0.15) is 0 Å². The standard InChI is InChI=1S/C15H29N3O2/c1-12-10-14(4-5-16-12)15(19)18-7-6-17(8-9-20-3)13(2)11-18/h12-14,16H,4-11H2,1-3H3/t12-,13?,14-/m0/s1. The smallest absolute Gasteiger partial charge is 0.225 e. The summed E-state index contributed by atoms with van der Waals surface area (Å²) < 4.78 is 5.15. The van der Waals surface area contributed by atoms with Crippen molar-refractivity contribution in [1.82, 2.24) is 15.1 Å². The number of hydrogen-bond donors (Lipinski definition) is 1. The monoisotopic (exact) mass is 283 g/mol. The van der Waals surface area contributed by atoms with E-state index >= 15 is 0 Å². The van der Waals surface area contributed by atoms with Crippen LogP contribution in [0.25, 0.3) is 0 Å². The summed E-state index contributed by atoms with van der Waals surface area (Å²) in [6.45, 7) is 9.78. The molecular formula is C15H29N3O2. The van der Waals surface area contributed by atoms with Gasteiger partial charge in [0.15, 0.2) is 0 Å². The maximum absolute atomic E-state index is 12.6. The summed E-state index contributed by atoms with van der Waals surface area (Å²) in [6.07, 6.45) is 1.97. The third kappa shape index (κ3) is 3.93. The number of hydrogen-bond acceptors (Lipinski definition) is 4. The molecule has 2 heterocycles. The molecule has 0 aliphatic carbocycles. The molecule has 3 atom stereocenters. The van der Waals surface area contributed by atoms with Crippen LogP contribution in [0.1, 0.15) is 26.7 Å². The van der Waals surface area contributed by atoms with Crippen molar-refractivity contribution in [3.8, 4) is 0 Å². The molecule has 0 aromatic heterocycles. The lowest BCUT2D eigenvalue weighted by Crippen LogP contribution is -2.56. The van der Waals surface area contributed by atoms with E-state index in [9.17, 15) is 4.79 Å². The van der Waals surface area contributed by atoms with Gasteiger partial charge in [-0.2, -0.15) is 0 Å². The molecule has 20 heavy (non-hydrogen) atoms. The Kier molecular flexibility index (Phi) is 5.81. The summed E-state index contributed by atoms with van der Waals surface area (Å²) in [7, 11) is 1.74. The Hall–Kier alpha value is -0.650. The summed E-state index contributed by atoms with van der Waals surface area (Å²) >= 11 is 0. The molecule has 0 bridgehead atoms. The fourth-order valence-electron chi connectivity index (χ4n) is 3.35. The van der Waals surface area contributed by atoms with Crippen LogP contribution in [0.2, 0.25) is 0 Å². The van der Waals surface area contributed by atoms with E-state index in [-0.39, 0.29) is 5.92 Å². The number of rotatable bonds is 4. The van der Waals surface area contributed by atoms with Gasteiger partial charge in [0.25, 0.3) is 0 Å². The van der Waals surface area contributed by atoms with Gasteiger partial charge in [-0.15, -0.1) is 0 Å². The van der Waals surface area contributed by atoms with Crippen LogP contribution in [0.15, 0.2) is 0 Å². The van der Waals surface area contributed by atoms with Crippen LogP contribution in [0.5, 0.6) is 0 Å². The van der Waals surface area contributed by atoms with E-state index in [4.69, 9.17) is 4.74 Å². The number of carbonyl (C=O) groups excluding carboxylic acids is 1. The van der Waals surface area contributed by atoms with Gasteiger partial charge in [-0.1, -0.05) is 0 Å². The van der Waals surface area contributed by atoms with Crippen LogP contribution < -0.4 is 5.32 Å². The number of piperazine rings is 1. The lowest BCUT2D eigenvalue weighted by Gasteiger charge is -2.41. The molecule has 2 rings (SSSR count). The number of amides is 1. The van der Waals surface area contributed by atoms with Crippen molar-refractivity contribution in [2.45, 2.75) is 38.8 Å². The number of methoxy groups -OCH3 is 1. The average molecular weight is 283 g/mol.